The van der Waals surface area contributed by atoms with Crippen molar-refractivity contribution in [2.24, 2.45) is 10.8 Å². The van der Waals surface area contributed by atoms with Gasteiger partial charge in [0.2, 0.25) is 0 Å². The zero-order valence-corrected chi connectivity index (χ0v) is 12.4. The number of hydrogen-bond acceptors (Lipinski definition) is 3. The van der Waals surface area contributed by atoms with E-state index in [1.165, 1.54) is 65.1 Å². The van der Waals surface area contributed by atoms with Crippen LogP contribution >= 0.6 is 0 Å². The average molecular weight is 251 g/mol. The Morgan fingerprint density at radius 2 is 1.50 bits per heavy atom. The molecule has 0 atom stereocenters. The molecule has 0 aliphatic carbocycles. The summed E-state index contributed by atoms with van der Waals surface area (Å²) in [6.07, 6.45) is 4.20. The van der Waals surface area contributed by atoms with Gasteiger partial charge < -0.3 is 14.7 Å². The lowest BCUT2D eigenvalue weighted by molar-refractivity contribution is -0.107. The third kappa shape index (κ3) is 2.45. The van der Waals surface area contributed by atoms with Gasteiger partial charge in [-0.15, -0.1) is 0 Å². The zero-order chi connectivity index (χ0) is 12.8. The van der Waals surface area contributed by atoms with Gasteiger partial charge in [-0.1, -0.05) is 6.92 Å². The summed E-state index contributed by atoms with van der Waals surface area (Å²) in [4.78, 5) is 7.62. The van der Waals surface area contributed by atoms with E-state index in [2.05, 4.69) is 35.7 Å². The molecule has 0 aromatic carbocycles. The maximum absolute atomic E-state index is 2.69. The SMILES string of the molecule is CN1CCC(C)(CCN2CC3(CN(C)C3)C2)CC1. The number of rotatable bonds is 3. The molecule has 3 heterocycles. The van der Waals surface area contributed by atoms with Gasteiger partial charge in [0.25, 0.3) is 0 Å². The van der Waals surface area contributed by atoms with Gasteiger partial charge in [0.15, 0.2) is 0 Å². The minimum Gasteiger partial charge on any atom is -0.306 e. The summed E-state index contributed by atoms with van der Waals surface area (Å²) in [7, 11) is 4.50. The molecule has 0 bridgehead atoms. The van der Waals surface area contributed by atoms with Crippen LogP contribution in [0.15, 0.2) is 0 Å². The summed E-state index contributed by atoms with van der Waals surface area (Å²) >= 11 is 0. The smallest absolute Gasteiger partial charge is 0.0212 e. The fourth-order valence-corrected chi connectivity index (χ4v) is 4.20. The van der Waals surface area contributed by atoms with E-state index in [1.54, 1.807) is 0 Å². The first-order valence-corrected chi connectivity index (χ1v) is 7.58. The van der Waals surface area contributed by atoms with Crippen LogP contribution in [0.4, 0.5) is 0 Å². The Kier molecular flexibility index (Phi) is 3.20. The Morgan fingerprint density at radius 3 is 2.06 bits per heavy atom. The Hall–Kier alpha value is -0.120. The summed E-state index contributed by atoms with van der Waals surface area (Å²) < 4.78 is 0. The molecule has 3 aliphatic rings. The molecule has 3 fully saturated rings. The van der Waals surface area contributed by atoms with Crippen molar-refractivity contribution in [3.8, 4) is 0 Å². The lowest BCUT2D eigenvalue weighted by Gasteiger charge is -2.60. The molecule has 104 valence electrons. The quantitative estimate of drug-likeness (QED) is 0.750. The van der Waals surface area contributed by atoms with Gasteiger partial charge in [-0.3, -0.25) is 0 Å². The van der Waals surface area contributed by atoms with Gasteiger partial charge in [-0.25, -0.2) is 0 Å². The number of nitrogens with zero attached hydrogens (tertiary/aromatic N) is 3. The van der Waals surface area contributed by atoms with Crippen molar-refractivity contribution >= 4 is 0 Å². The molecule has 3 rings (SSSR count). The summed E-state index contributed by atoms with van der Waals surface area (Å²) in [6, 6.07) is 0. The van der Waals surface area contributed by atoms with Crippen molar-refractivity contribution in [2.45, 2.75) is 26.2 Å². The first-order valence-electron chi connectivity index (χ1n) is 7.58. The van der Waals surface area contributed by atoms with Crippen LogP contribution in [0.25, 0.3) is 0 Å². The van der Waals surface area contributed by atoms with Crippen LogP contribution in [0.1, 0.15) is 26.2 Å². The Bertz CT molecular complexity index is 293. The van der Waals surface area contributed by atoms with Crippen LogP contribution < -0.4 is 0 Å². The number of hydrogen-bond donors (Lipinski definition) is 0. The lowest BCUT2D eigenvalue weighted by Crippen LogP contribution is -2.71. The molecule has 18 heavy (non-hydrogen) atoms. The van der Waals surface area contributed by atoms with E-state index in [4.69, 9.17) is 0 Å². The zero-order valence-electron chi connectivity index (χ0n) is 12.4. The molecule has 0 N–H and O–H groups in total. The van der Waals surface area contributed by atoms with Crippen molar-refractivity contribution in [3.05, 3.63) is 0 Å². The molecule has 3 saturated heterocycles. The molecule has 0 aromatic rings. The predicted octanol–water partition coefficient (Wildman–Crippen LogP) is 1.36. The van der Waals surface area contributed by atoms with E-state index in [0.29, 0.717) is 10.8 Å². The normalized spacial score (nSPS) is 32.2. The van der Waals surface area contributed by atoms with E-state index in [1.807, 2.05) is 0 Å². The van der Waals surface area contributed by atoms with Crippen LogP contribution in [0.5, 0.6) is 0 Å². The van der Waals surface area contributed by atoms with Gasteiger partial charge >= 0.3 is 0 Å². The van der Waals surface area contributed by atoms with Crippen LogP contribution in [0.2, 0.25) is 0 Å². The molecule has 3 nitrogen and oxygen atoms in total. The van der Waals surface area contributed by atoms with E-state index in [-0.39, 0.29) is 0 Å². The van der Waals surface area contributed by atoms with Gasteiger partial charge in [0.1, 0.15) is 0 Å². The van der Waals surface area contributed by atoms with Crippen molar-refractivity contribution in [2.75, 3.05) is 59.9 Å². The fraction of sp³-hybridized carbons (Fsp3) is 1.00. The summed E-state index contributed by atoms with van der Waals surface area (Å²) in [5.41, 5.74) is 1.33. The van der Waals surface area contributed by atoms with E-state index in [0.717, 1.165) is 0 Å². The first-order chi connectivity index (χ1) is 8.49. The lowest BCUT2D eigenvalue weighted by atomic mass is 9.72. The molecule has 0 amide bonds. The Labute approximate surface area is 112 Å². The van der Waals surface area contributed by atoms with Gasteiger partial charge in [-0.05, 0) is 58.4 Å². The van der Waals surface area contributed by atoms with E-state index in [9.17, 15) is 0 Å². The Morgan fingerprint density at radius 1 is 0.889 bits per heavy atom. The molecule has 3 aliphatic heterocycles. The largest absolute Gasteiger partial charge is 0.306 e. The molecule has 0 aromatic heterocycles. The predicted molar refractivity (Wildman–Crippen MR) is 75.8 cm³/mol. The average Bonchev–Trinajstić information content (AvgIpc) is 2.24. The summed E-state index contributed by atoms with van der Waals surface area (Å²) in [5, 5.41) is 0. The molecule has 1 spiro atoms. The minimum absolute atomic E-state index is 0.617. The van der Waals surface area contributed by atoms with Crippen molar-refractivity contribution in [3.63, 3.8) is 0 Å². The monoisotopic (exact) mass is 251 g/mol. The highest BCUT2D eigenvalue weighted by Crippen LogP contribution is 2.40. The third-order valence-corrected chi connectivity index (χ3v) is 5.55. The topological polar surface area (TPSA) is 9.72 Å². The van der Waals surface area contributed by atoms with Gasteiger partial charge in [0.05, 0.1) is 0 Å². The van der Waals surface area contributed by atoms with Crippen LogP contribution in [0, 0.1) is 10.8 Å². The fourth-order valence-electron chi connectivity index (χ4n) is 4.20. The molecule has 0 saturated carbocycles. The standard InChI is InChI=1S/C15H29N3/c1-14(4-7-16(2)8-5-14)6-9-18-12-15(13-18)10-17(3)11-15/h4-13H2,1-3H3. The number of likely N-dealkylation sites (tertiary alicyclic amines) is 3. The Balaban J connectivity index is 1.38. The molecule has 3 heteroatoms. The third-order valence-electron chi connectivity index (χ3n) is 5.55. The highest BCUT2D eigenvalue weighted by atomic mass is 15.3. The molecular weight excluding hydrogens is 222 g/mol. The highest BCUT2D eigenvalue weighted by molar-refractivity contribution is 5.04. The summed E-state index contributed by atoms with van der Waals surface area (Å²) in [6.45, 7) is 11.9. The maximum atomic E-state index is 2.69. The van der Waals surface area contributed by atoms with Crippen LogP contribution in [-0.4, -0.2) is 74.6 Å². The van der Waals surface area contributed by atoms with Crippen molar-refractivity contribution < 1.29 is 0 Å². The maximum Gasteiger partial charge on any atom is 0.0212 e. The molecular formula is C15H29N3. The highest BCUT2D eigenvalue weighted by Gasteiger charge is 2.50. The molecule has 0 unspecified atom stereocenters. The van der Waals surface area contributed by atoms with E-state index < -0.39 is 0 Å². The van der Waals surface area contributed by atoms with Crippen LogP contribution in [-0.2, 0) is 0 Å². The van der Waals surface area contributed by atoms with Crippen molar-refractivity contribution in [1.29, 1.82) is 0 Å². The van der Waals surface area contributed by atoms with E-state index >= 15 is 0 Å². The molecule has 0 radical (unpaired) electrons. The van der Waals surface area contributed by atoms with Gasteiger partial charge in [0, 0.05) is 31.6 Å². The van der Waals surface area contributed by atoms with Gasteiger partial charge in [-0.2, -0.15) is 0 Å². The minimum atomic E-state index is 0.617. The number of piperidine rings is 1. The van der Waals surface area contributed by atoms with Crippen molar-refractivity contribution in [1.82, 2.24) is 14.7 Å². The first kappa shape index (κ1) is 12.9. The second-order valence-corrected chi connectivity index (χ2v) is 7.75. The van der Waals surface area contributed by atoms with Crippen LogP contribution in [0.3, 0.4) is 0 Å². The second-order valence-electron chi connectivity index (χ2n) is 7.75. The second kappa shape index (κ2) is 4.46. The summed E-state index contributed by atoms with van der Waals surface area (Å²) in [5.74, 6) is 0.